The number of nitrogens with one attached hydrogen (secondary N) is 4. The summed E-state index contributed by atoms with van der Waals surface area (Å²) in [6, 6.07) is 1.71. The van der Waals surface area contributed by atoms with Crippen LogP contribution in [-0.2, 0) is 0 Å². The lowest BCUT2D eigenvalue weighted by atomic mass is 9.93. The molecule has 4 N–H and O–H groups in total. The van der Waals surface area contributed by atoms with Gasteiger partial charge in [-0.15, -0.1) is 6.42 Å². The maximum atomic E-state index is 12.5. The highest BCUT2D eigenvalue weighted by Gasteiger charge is 2.18. The summed E-state index contributed by atoms with van der Waals surface area (Å²) in [4.78, 5) is 0. The van der Waals surface area contributed by atoms with Crippen molar-refractivity contribution in [3.8, 4) is 0 Å². The molecule has 0 saturated carbocycles. The third-order valence-corrected chi connectivity index (χ3v) is 4.61. The fourth-order valence-corrected chi connectivity index (χ4v) is 2.16. The van der Waals surface area contributed by atoms with Crippen LogP contribution in [0.5, 0.6) is 0 Å². The van der Waals surface area contributed by atoms with Gasteiger partial charge in [0.1, 0.15) is 0 Å². The molecule has 0 bridgehead atoms. The Morgan fingerprint density at radius 3 is 2.18 bits per heavy atom. The molecule has 0 rings (SSSR count). The molecule has 0 amide bonds. The van der Waals surface area contributed by atoms with Crippen LogP contribution in [0, 0.1) is 17.9 Å². The molecule has 134 valence electrons. The van der Waals surface area contributed by atoms with Crippen LogP contribution in [0.1, 0.15) is 47.5 Å². The molecule has 0 fully saturated rings. The molecule has 0 aliphatic heterocycles. The molecule has 5 unspecified atom stereocenters. The number of likely N-dealkylation sites (N-methyl/N-ethyl adjacent to an activating group) is 1. The summed E-state index contributed by atoms with van der Waals surface area (Å²) in [6.07, 6.45) is 1.28. The highest BCUT2D eigenvalue weighted by molar-refractivity contribution is 4.89. The van der Waals surface area contributed by atoms with Crippen LogP contribution >= 0.6 is 0 Å². The topological polar surface area (TPSA) is 71.2 Å². The van der Waals surface area contributed by atoms with Crippen LogP contribution in [-0.4, -0.2) is 45.5 Å². The first-order valence-corrected chi connectivity index (χ1v) is 8.65. The van der Waals surface area contributed by atoms with Gasteiger partial charge in [0.25, 0.3) is 0 Å². The van der Waals surface area contributed by atoms with Gasteiger partial charge in [-0.25, -0.2) is 0 Å². The molecule has 5 heteroatoms. The Morgan fingerprint density at radius 1 is 1.05 bits per heavy atom. The van der Waals surface area contributed by atoms with Crippen LogP contribution in [0.25, 0.3) is 0 Å². The fourth-order valence-electron chi connectivity index (χ4n) is 2.16. The summed E-state index contributed by atoms with van der Waals surface area (Å²) >= 11 is 0. The van der Waals surface area contributed by atoms with E-state index in [0.29, 0.717) is 18.5 Å². The fraction of sp³-hybridized carbons (Fsp3) is 0.941. The van der Waals surface area contributed by atoms with Crippen LogP contribution in [0.4, 0.5) is 0 Å². The van der Waals surface area contributed by atoms with Crippen molar-refractivity contribution >= 4 is 0 Å². The van der Waals surface area contributed by atoms with E-state index in [1.54, 1.807) is 0 Å². The van der Waals surface area contributed by atoms with Gasteiger partial charge in [0.15, 0.2) is 0 Å². The van der Waals surface area contributed by atoms with Crippen molar-refractivity contribution in [1.82, 2.24) is 21.3 Å². The first kappa shape index (κ1) is 21.8. The second-order valence-corrected chi connectivity index (χ2v) is 6.64. The van der Waals surface area contributed by atoms with Crippen molar-refractivity contribution in [2.75, 3.05) is 27.2 Å². The quantitative estimate of drug-likeness (QED) is 0.297. The SMILES string of the molecule is CCC(C)CNC(C[C-](C)NC)C(C)C([O-])NCC(C)NC. The minimum Gasteiger partial charge on any atom is -0.841 e. The first-order valence-electron chi connectivity index (χ1n) is 8.65. The summed E-state index contributed by atoms with van der Waals surface area (Å²) in [5.41, 5.74) is 0. The van der Waals surface area contributed by atoms with Crippen molar-refractivity contribution in [2.45, 2.75) is 65.8 Å². The Morgan fingerprint density at radius 2 is 1.68 bits per heavy atom. The highest BCUT2D eigenvalue weighted by atomic mass is 16.3. The van der Waals surface area contributed by atoms with Crippen molar-refractivity contribution < 1.29 is 5.11 Å². The Balaban J connectivity index is 4.53. The van der Waals surface area contributed by atoms with E-state index in [1.165, 1.54) is 6.04 Å². The van der Waals surface area contributed by atoms with Gasteiger partial charge in [0.2, 0.25) is 0 Å². The summed E-state index contributed by atoms with van der Waals surface area (Å²) in [5.74, 6) is 0.656. The monoisotopic (exact) mass is 314 g/mol. The van der Waals surface area contributed by atoms with Crippen LogP contribution in [0.15, 0.2) is 0 Å². The molecule has 0 heterocycles. The van der Waals surface area contributed by atoms with E-state index in [1.807, 2.05) is 21.0 Å². The van der Waals surface area contributed by atoms with Crippen molar-refractivity contribution in [3.05, 3.63) is 6.04 Å². The predicted molar refractivity (Wildman–Crippen MR) is 93.3 cm³/mol. The molecule has 0 aromatic rings. The van der Waals surface area contributed by atoms with Crippen LogP contribution in [0.3, 0.4) is 0 Å². The van der Waals surface area contributed by atoms with Gasteiger partial charge >= 0.3 is 0 Å². The minimum absolute atomic E-state index is 0.0245. The Labute approximate surface area is 138 Å². The van der Waals surface area contributed by atoms with Gasteiger partial charge in [-0.05, 0) is 45.4 Å². The summed E-state index contributed by atoms with van der Waals surface area (Å²) in [7, 11) is 3.85. The molecule has 5 atom stereocenters. The normalized spacial score (nSPS) is 19.0. The number of rotatable bonds is 13. The standard InChI is InChI=1S/C17H38N4O/c1-8-12(2)10-20-16(9-13(3)18-6)15(5)17(22)21-11-14(4)19-7/h12,14-21H,8-11H2,1-7H3/q-2. The lowest BCUT2D eigenvalue weighted by molar-refractivity contribution is -0.443. The largest absolute Gasteiger partial charge is 0.841 e. The lowest BCUT2D eigenvalue weighted by Crippen LogP contribution is -2.55. The van der Waals surface area contributed by atoms with Gasteiger partial charge in [-0.2, -0.15) is 6.92 Å². The Bertz CT molecular complexity index is 265. The third kappa shape index (κ3) is 9.06. The summed E-state index contributed by atoms with van der Waals surface area (Å²) < 4.78 is 0. The smallest absolute Gasteiger partial charge is 0.0160 e. The highest BCUT2D eigenvalue weighted by Crippen LogP contribution is 2.15. The second kappa shape index (κ2) is 12.3. The van der Waals surface area contributed by atoms with Gasteiger partial charge in [-0.1, -0.05) is 33.4 Å². The lowest BCUT2D eigenvalue weighted by Gasteiger charge is -2.42. The molecule has 0 radical (unpaired) electrons. The van der Waals surface area contributed by atoms with Gasteiger partial charge in [0, 0.05) is 12.6 Å². The summed E-state index contributed by atoms with van der Waals surface area (Å²) in [6.45, 7) is 12.3. The van der Waals surface area contributed by atoms with Crippen molar-refractivity contribution in [2.24, 2.45) is 11.8 Å². The molecule has 0 aromatic heterocycles. The molecular formula is C17H38N4O-2. The van der Waals surface area contributed by atoms with Crippen molar-refractivity contribution in [1.29, 1.82) is 0 Å². The van der Waals surface area contributed by atoms with E-state index in [9.17, 15) is 5.11 Å². The zero-order chi connectivity index (χ0) is 17.1. The first-order chi connectivity index (χ1) is 10.3. The zero-order valence-electron chi connectivity index (χ0n) is 15.6. The maximum absolute atomic E-state index is 12.5. The predicted octanol–water partition coefficient (Wildman–Crippen LogP) is 0.672. The van der Waals surface area contributed by atoms with Gasteiger partial charge in [-0.3, -0.25) is 6.04 Å². The van der Waals surface area contributed by atoms with Crippen molar-refractivity contribution in [3.63, 3.8) is 0 Å². The third-order valence-electron chi connectivity index (χ3n) is 4.61. The zero-order valence-corrected chi connectivity index (χ0v) is 15.6. The van der Waals surface area contributed by atoms with E-state index in [4.69, 9.17) is 0 Å². The number of hydrogen-bond acceptors (Lipinski definition) is 5. The van der Waals surface area contributed by atoms with Gasteiger partial charge < -0.3 is 26.4 Å². The van der Waals surface area contributed by atoms with E-state index >= 15 is 0 Å². The molecule has 22 heavy (non-hydrogen) atoms. The van der Waals surface area contributed by atoms with E-state index in [-0.39, 0.29) is 12.0 Å². The second-order valence-electron chi connectivity index (χ2n) is 6.64. The average Bonchev–Trinajstić information content (AvgIpc) is 2.54. The van der Waals surface area contributed by atoms with E-state index in [2.05, 4.69) is 49.0 Å². The molecule has 0 spiro atoms. The molecule has 0 saturated heterocycles. The molecule has 0 aliphatic rings. The van der Waals surface area contributed by atoms with Crippen LogP contribution in [0.2, 0.25) is 0 Å². The Kier molecular flexibility index (Phi) is 12.1. The van der Waals surface area contributed by atoms with E-state index < -0.39 is 6.23 Å². The average molecular weight is 315 g/mol. The van der Waals surface area contributed by atoms with Gasteiger partial charge in [0.05, 0.1) is 0 Å². The van der Waals surface area contributed by atoms with E-state index in [0.717, 1.165) is 19.4 Å². The molecule has 0 aliphatic carbocycles. The minimum atomic E-state index is -0.755. The Hall–Kier alpha value is -0.200. The molecular weight excluding hydrogens is 276 g/mol. The number of hydrogen-bond donors (Lipinski definition) is 4. The maximum Gasteiger partial charge on any atom is 0.0160 e. The molecule has 0 aromatic carbocycles. The van der Waals surface area contributed by atoms with Crippen LogP contribution < -0.4 is 26.4 Å². The summed E-state index contributed by atoms with van der Waals surface area (Å²) in [5, 5.41) is 25.5. The molecule has 5 nitrogen and oxygen atoms in total.